The van der Waals surface area contributed by atoms with Crippen LogP contribution in [0.2, 0.25) is 4.34 Å². The van der Waals surface area contributed by atoms with E-state index in [1.165, 1.54) is 34.8 Å². The van der Waals surface area contributed by atoms with Crippen LogP contribution >= 0.6 is 34.3 Å². The molecule has 0 unspecified atom stereocenters. The van der Waals surface area contributed by atoms with Crippen LogP contribution in [0.4, 0.5) is 11.4 Å². The first-order chi connectivity index (χ1) is 14.9. The highest BCUT2D eigenvalue weighted by atomic mass is 35.5. The van der Waals surface area contributed by atoms with Gasteiger partial charge in [-0.05, 0) is 42.5 Å². The van der Waals surface area contributed by atoms with Crippen molar-refractivity contribution in [2.45, 2.75) is 11.3 Å². The van der Waals surface area contributed by atoms with Crippen LogP contribution < -0.4 is 10.0 Å². The standard InChI is InChI=1S/C21H16ClN3O3S3/c22-19-10-9-18(30-19)21-24-16(13-29-21)12-20(26)23-14-5-4-6-15(11-14)25-31(27,28)17-7-2-1-3-8-17/h1-11,13,25H,12H2,(H,23,26). The molecule has 0 spiro atoms. The van der Waals surface area contributed by atoms with E-state index in [-0.39, 0.29) is 17.2 Å². The summed E-state index contributed by atoms with van der Waals surface area (Å²) in [6.07, 6.45) is 0.107. The lowest BCUT2D eigenvalue weighted by molar-refractivity contribution is -0.115. The van der Waals surface area contributed by atoms with Crippen molar-refractivity contribution in [3.8, 4) is 9.88 Å². The largest absolute Gasteiger partial charge is 0.326 e. The van der Waals surface area contributed by atoms with Gasteiger partial charge in [-0.3, -0.25) is 9.52 Å². The van der Waals surface area contributed by atoms with Gasteiger partial charge in [-0.15, -0.1) is 22.7 Å². The molecular weight excluding hydrogens is 474 g/mol. The Hall–Kier alpha value is -2.72. The number of nitrogens with zero attached hydrogens (tertiary/aromatic N) is 1. The summed E-state index contributed by atoms with van der Waals surface area (Å²) in [6.45, 7) is 0. The Labute approximate surface area is 192 Å². The minimum atomic E-state index is -3.71. The first-order valence-corrected chi connectivity index (χ1v) is 12.6. The molecule has 2 aromatic carbocycles. The number of benzene rings is 2. The van der Waals surface area contributed by atoms with Crippen molar-refractivity contribution in [2.24, 2.45) is 0 Å². The van der Waals surface area contributed by atoms with Gasteiger partial charge in [0.15, 0.2) is 0 Å². The van der Waals surface area contributed by atoms with Crippen molar-refractivity contribution in [2.75, 3.05) is 10.0 Å². The van der Waals surface area contributed by atoms with Gasteiger partial charge in [-0.1, -0.05) is 35.9 Å². The number of carbonyl (C=O) groups is 1. The molecule has 0 saturated carbocycles. The van der Waals surface area contributed by atoms with Crippen LogP contribution in [0.5, 0.6) is 0 Å². The Morgan fingerprint density at radius 3 is 2.52 bits per heavy atom. The molecule has 2 heterocycles. The van der Waals surface area contributed by atoms with Gasteiger partial charge in [0, 0.05) is 11.1 Å². The predicted molar refractivity (Wildman–Crippen MR) is 126 cm³/mol. The maximum absolute atomic E-state index is 12.5. The van der Waals surface area contributed by atoms with E-state index in [2.05, 4.69) is 15.0 Å². The summed E-state index contributed by atoms with van der Waals surface area (Å²) >= 11 is 8.86. The number of sulfonamides is 1. The minimum Gasteiger partial charge on any atom is -0.326 e. The summed E-state index contributed by atoms with van der Waals surface area (Å²) in [4.78, 5) is 18.1. The zero-order valence-electron chi connectivity index (χ0n) is 15.9. The molecule has 0 saturated heterocycles. The number of carbonyl (C=O) groups excluding carboxylic acids is 1. The molecule has 31 heavy (non-hydrogen) atoms. The summed E-state index contributed by atoms with van der Waals surface area (Å²) in [7, 11) is -3.71. The van der Waals surface area contributed by atoms with Crippen LogP contribution in [0.1, 0.15) is 5.69 Å². The van der Waals surface area contributed by atoms with Gasteiger partial charge in [0.1, 0.15) is 5.01 Å². The highest BCUT2D eigenvalue weighted by molar-refractivity contribution is 7.92. The number of nitrogens with one attached hydrogen (secondary N) is 2. The highest BCUT2D eigenvalue weighted by Gasteiger charge is 2.14. The van der Waals surface area contributed by atoms with Crippen molar-refractivity contribution in [1.82, 2.24) is 4.98 Å². The van der Waals surface area contributed by atoms with Gasteiger partial charge in [-0.25, -0.2) is 13.4 Å². The third-order valence-electron chi connectivity index (χ3n) is 4.13. The van der Waals surface area contributed by atoms with E-state index in [1.54, 1.807) is 42.5 Å². The maximum atomic E-state index is 12.5. The molecule has 0 aliphatic carbocycles. The average Bonchev–Trinajstić information content (AvgIpc) is 3.37. The molecule has 2 N–H and O–H groups in total. The second-order valence-corrected chi connectivity index (χ2v) is 10.7. The maximum Gasteiger partial charge on any atom is 0.261 e. The number of aromatic nitrogens is 1. The van der Waals surface area contributed by atoms with Crippen molar-refractivity contribution in [3.63, 3.8) is 0 Å². The number of thiophene rings is 1. The van der Waals surface area contributed by atoms with E-state index in [0.29, 0.717) is 21.4 Å². The van der Waals surface area contributed by atoms with Crippen LogP contribution in [0, 0.1) is 0 Å². The minimum absolute atomic E-state index is 0.107. The Morgan fingerprint density at radius 2 is 1.77 bits per heavy atom. The summed E-state index contributed by atoms with van der Waals surface area (Å²) in [6, 6.07) is 18.3. The van der Waals surface area contributed by atoms with Gasteiger partial charge in [0.25, 0.3) is 10.0 Å². The quantitative estimate of drug-likeness (QED) is 0.358. The molecule has 1 amide bonds. The van der Waals surface area contributed by atoms with Crippen molar-refractivity contribution >= 4 is 61.6 Å². The van der Waals surface area contributed by atoms with Crippen LogP contribution in [-0.2, 0) is 21.2 Å². The van der Waals surface area contributed by atoms with E-state index >= 15 is 0 Å². The van der Waals surface area contributed by atoms with Crippen LogP contribution in [0.25, 0.3) is 9.88 Å². The highest BCUT2D eigenvalue weighted by Crippen LogP contribution is 2.33. The lowest BCUT2D eigenvalue weighted by Crippen LogP contribution is -2.15. The van der Waals surface area contributed by atoms with Gasteiger partial charge >= 0.3 is 0 Å². The first-order valence-electron chi connectivity index (χ1n) is 9.07. The molecule has 0 fully saturated rings. The number of hydrogen-bond donors (Lipinski definition) is 2. The SMILES string of the molecule is O=C(Cc1csc(-c2ccc(Cl)s2)n1)Nc1cccc(NS(=O)(=O)c2ccccc2)c1. The number of amides is 1. The molecule has 0 aliphatic rings. The van der Waals surface area contributed by atoms with Crippen molar-refractivity contribution in [1.29, 1.82) is 0 Å². The van der Waals surface area contributed by atoms with Gasteiger partial charge in [0.2, 0.25) is 5.91 Å². The summed E-state index contributed by atoms with van der Waals surface area (Å²) < 4.78 is 28.2. The van der Waals surface area contributed by atoms with E-state index in [0.717, 1.165) is 9.88 Å². The van der Waals surface area contributed by atoms with Crippen LogP contribution in [0.15, 0.2) is 77.0 Å². The summed E-state index contributed by atoms with van der Waals surface area (Å²) in [5.74, 6) is -0.246. The molecule has 158 valence electrons. The smallest absolute Gasteiger partial charge is 0.261 e. The lowest BCUT2D eigenvalue weighted by Gasteiger charge is -2.10. The van der Waals surface area contributed by atoms with Gasteiger partial charge in [-0.2, -0.15) is 0 Å². The Kier molecular flexibility index (Phi) is 6.38. The Balaban J connectivity index is 1.41. The third-order valence-corrected chi connectivity index (χ3v) is 7.82. The molecule has 4 aromatic rings. The zero-order chi connectivity index (χ0) is 21.8. The lowest BCUT2D eigenvalue weighted by atomic mass is 10.2. The molecule has 0 radical (unpaired) electrons. The van der Waals surface area contributed by atoms with E-state index < -0.39 is 10.0 Å². The molecule has 4 rings (SSSR count). The number of hydrogen-bond acceptors (Lipinski definition) is 6. The summed E-state index contributed by atoms with van der Waals surface area (Å²) in [5, 5.41) is 5.44. The molecule has 10 heteroatoms. The monoisotopic (exact) mass is 489 g/mol. The molecule has 0 atom stereocenters. The van der Waals surface area contributed by atoms with Crippen LogP contribution in [-0.4, -0.2) is 19.3 Å². The van der Waals surface area contributed by atoms with Gasteiger partial charge < -0.3 is 5.32 Å². The Bertz CT molecular complexity index is 1320. The molecule has 2 aromatic heterocycles. The molecule has 6 nitrogen and oxygen atoms in total. The predicted octanol–water partition coefficient (Wildman–Crippen LogP) is 5.51. The second kappa shape index (κ2) is 9.19. The van der Waals surface area contributed by atoms with E-state index in [9.17, 15) is 13.2 Å². The average molecular weight is 490 g/mol. The fraction of sp³-hybridized carbons (Fsp3) is 0.0476. The number of rotatable bonds is 7. The molecule has 0 bridgehead atoms. The fourth-order valence-electron chi connectivity index (χ4n) is 2.77. The number of halogens is 1. The molecular formula is C21H16ClN3O3S3. The van der Waals surface area contributed by atoms with E-state index in [1.807, 2.05) is 17.5 Å². The summed E-state index contributed by atoms with van der Waals surface area (Å²) in [5.41, 5.74) is 1.49. The molecule has 0 aliphatic heterocycles. The number of thiazole rings is 1. The normalized spacial score (nSPS) is 11.3. The van der Waals surface area contributed by atoms with Crippen molar-refractivity contribution in [3.05, 3.63) is 82.1 Å². The number of anilines is 2. The second-order valence-electron chi connectivity index (χ2n) is 6.47. The van der Waals surface area contributed by atoms with E-state index in [4.69, 9.17) is 11.6 Å². The third kappa shape index (κ3) is 5.50. The van der Waals surface area contributed by atoms with Crippen LogP contribution in [0.3, 0.4) is 0 Å². The fourth-order valence-corrected chi connectivity index (χ4v) is 5.78. The zero-order valence-corrected chi connectivity index (χ0v) is 19.1. The topological polar surface area (TPSA) is 88.2 Å². The van der Waals surface area contributed by atoms with Crippen molar-refractivity contribution < 1.29 is 13.2 Å². The first kappa shape index (κ1) is 21.5. The Morgan fingerprint density at radius 1 is 1.00 bits per heavy atom. The van der Waals surface area contributed by atoms with Gasteiger partial charge in [0.05, 0.1) is 31.9 Å².